The fourth-order valence-corrected chi connectivity index (χ4v) is 1.54. The van der Waals surface area contributed by atoms with Gasteiger partial charge in [-0.1, -0.05) is 23.7 Å². The average Bonchev–Trinajstić information content (AvgIpc) is 2.34. The Bertz CT molecular complexity index is 433. The van der Waals surface area contributed by atoms with Gasteiger partial charge in [0.2, 0.25) is 0 Å². The Balaban J connectivity index is 2.57. The molecule has 18 heavy (non-hydrogen) atoms. The normalized spacial score (nSPS) is 11.7. The summed E-state index contributed by atoms with van der Waals surface area (Å²) in [4.78, 5) is 11.3. The molecule has 0 aliphatic carbocycles. The molecule has 0 aliphatic heterocycles. The fraction of sp³-hybridized carbons (Fsp3) is 0.308. The lowest BCUT2D eigenvalue weighted by molar-refractivity contribution is -0.122. The molecule has 0 saturated carbocycles. The summed E-state index contributed by atoms with van der Waals surface area (Å²) in [5, 5.41) is 3.05. The molecule has 0 fully saturated rings. The molecule has 1 aromatic carbocycles. The molecule has 0 saturated heterocycles. The van der Waals surface area contributed by atoms with E-state index in [0.29, 0.717) is 17.3 Å². The highest BCUT2D eigenvalue weighted by Crippen LogP contribution is 2.27. The van der Waals surface area contributed by atoms with E-state index in [1.54, 1.807) is 18.2 Å². The largest absolute Gasteiger partial charge is 0.482 e. The highest BCUT2D eigenvalue weighted by atomic mass is 35.5. The number of nitrogens with one attached hydrogen (secondary N) is 1. The molecule has 0 spiro atoms. The van der Waals surface area contributed by atoms with Gasteiger partial charge in [0.05, 0.1) is 5.02 Å². The van der Waals surface area contributed by atoms with E-state index in [-0.39, 0.29) is 18.6 Å². The maximum absolute atomic E-state index is 11.3. The lowest BCUT2D eigenvalue weighted by Gasteiger charge is -2.11. The standard InChI is InChI=1S/C13H17ClN2O2/c1-3-6-16-13(17)8-18-12-5-4-10(9(2)15)7-11(12)14/h3-5,7,9H,1,6,8,15H2,2H3,(H,16,17)/t9-/m1/s1. The van der Waals surface area contributed by atoms with Crippen LogP contribution in [0.15, 0.2) is 30.9 Å². The Morgan fingerprint density at radius 2 is 2.39 bits per heavy atom. The predicted molar refractivity (Wildman–Crippen MR) is 72.8 cm³/mol. The molecule has 5 heteroatoms. The quantitative estimate of drug-likeness (QED) is 0.776. The molecule has 0 bridgehead atoms. The molecule has 0 radical (unpaired) electrons. The van der Waals surface area contributed by atoms with Gasteiger partial charge in [0, 0.05) is 12.6 Å². The lowest BCUT2D eigenvalue weighted by Crippen LogP contribution is -2.28. The first-order valence-electron chi connectivity index (χ1n) is 5.60. The van der Waals surface area contributed by atoms with Crippen LogP contribution in [-0.4, -0.2) is 19.1 Å². The van der Waals surface area contributed by atoms with Gasteiger partial charge in [-0.2, -0.15) is 0 Å². The molecule has 0 aromatic heterocycles. The molecule has 0 unspecified atom stereocenters. The second-order valence-corrected chi connectivity index (χ2v) is 4.27. The number of amides is 1. The van der Waals surface area contributed by atoms with Crippen molar-refractivity contribution in [2.24, 2.45) is 5.73 Å². The van der Waals surface area contributed by atoms with Gasteiger partial charge in [0.15, 0.2) is 6.61 Å². The van der Waals surface area contributed by atoms with Crippen molar-refractivity contribution in [2.75, 3.05) is 13.2 Å². The maximum atomic E-state index is 11.3. The van der Waals surface area contributed by atoms with Gasteiger partial charge in [-0.05, 0) is 24.6 Å². The Labute approximate surface area is 112 Å². The van der Waals surface area contributed by atoms with Crippen molar-refractivity contribution in [1.82, 2.24) is 5.32 Å². The summed E-state index contributed by atoms with van der Waals surface area (Å²) in [5.74, 6) is 0.247. The van der Waals surface area contributed by atoms with Gasteiger partial charge in [0.25, 0.3) is 5.91 Å². The number of ether oxygens (including phenoxy) is 1. The average molecular weight is 269 g/mol. The second-order valence-electron chi connectivity index (χ2n) is 3.86. The first-order valence-corrected chi connectivity index (χ1v) is 5.97. The Morgan fingerprint density at radius 1 is 1.67 bits per heavy atom. The van der Waals surface area contributed by atoms with Crippen molar-refractivity contribution in [3.8, 4) is 5.75 Å². The highest BCUT2D eigenvalue weighted by Gasteiger charge is 2.07. The first-order chi connectivity index (χ1) is 8.54. The summed E-state index contributed by atoms with van der Waals surface area (Å²) in [6.07, 6.45) is 1.60. The van der Waals surface area contributed by atoms with E-state index in [9.17, 15) is 4.79 Å². The van der Waals surface area contributed by atoms with Crippen LogP contribution in [0.5, 0.6) is 5.75 Å². The lowest BCUT2D eigenvalue weighted by atomic mass is 10.1. The third-order valence-corrected chi connectivity index (χ3v) is 2.58. The number of carbonyl (C=O) groups excluding carboxylic acids is 1. The molecule has 1 amide bonds. The zero-order valence-corrected chi connectivity index (χ0v) is 11.0. The Hall–Kier alpha value is -1.52. The number of hydrogen-bond donors (Lipinski definition) is 2. The maximum Gasteiger partial charge on any atom is 0.258 e. The third kappa shape index (κ3) is 4.39. The van der Waals surface area contributed by atoms with Crippen LogP contribution in [0.1, 0.15) is 18.5 Å². The van der Waals surface area contributed by atoms with E-state index in [2.05, 4.69) is 11.9 Å². The van der Waals surface area contributed by atoms with Crippen LogP contribution in [-0.2, 0) is 4.79 Å². The molecular weight excluding hydrogens is 252 g/mol. The van der Waals surface area contributed by atoms with Crippen molar-refractivity contribution in [1.29, 1.82) is 0 Å². The molecule has 3 N–H and O–H groups in total. The second kappa shape index (κ2) is 7.03. The summed E-state index contributed by atoms with van der Waals surface area (Å²) < 4.78 is 5.31. The SMILES string of the molecule is C=CCNC(=O)COc1ccc([C@@H](C)N)cc1Cl. The first kappa shape index (κ1) is 14.5. The predicted octanol–water partition coefficient (Wildman–Crippen LogP) is 2.04. The highest BCUT2D eigenvalue weighted by molar-refractivity contribution is 6.32. The van der Waals surface area contributed by atoms with Gasteiger partial charge in [-0.15, -0.1) is 6.58 Å². The molecule has 0 aliphatic rings. The van der Waals surface area contributed by atoms with Crippen LogP contribution in [0.25, 0.3) is 0 Å². The van der Waals surface area contributed by atoms with Crippen LogP contribution >= 0.6 is 11.6 Å². The monoisotopic (exact) mass is 268 g/mol. The van der Waals surface area contributed by atoms with Gasteiger partial charge < -0.3 is 15.8 Å². The van der Waals surface area contributed by atoms with Crippen molar-refractivity contribution >= 4 is 17.5 Å². The zero-order chi connectivity index (χ0) is 13.5. The molecule has 98 valence electrons. The summed E-state index contributed by atoms with van der Waals surface area (Å²) in [6, 6.07) is 5.19. The molecule has 0 heterocycles. The third-order valence-electron chi connectivity index (χ3n) is 2.28. The van der Waals surface area contributed by atoms with Crippen molar-refractivity contribution < 1.29 is 9.53 Å². The van der Waals surface area contributed by atoms with E-state index in [1.807, 2.05) is 13.0 Å². The Morgan fingerprint density at radius 3 is 2.94 bits per heavy atom. The summed E-state index contributed by atoms with van der Waals surface area (Å²) in [6.45, 7) is 5.71. The number of halogens is 1. The summed E-state index contributed by atoms with van der Waals surface area (Å²) in [5.41, 5.74) is 6.66. The van der Waals surface area contributed by atoms with Gasteiger partial charge in [-0.3, -0.25) is 4.79 Å². The number of carbonyl (C=O) groups is 1. The van der Waals surface area contributed by atoms with Crippen molar-refractivity contribution in [3.05, 3.63) is 41.4 Å². The van der Waals surface area contributed by atoms with E-state index in [1.165, 1.54) is 0 Å². The van der Waals surface area contributed by atoms with E-state index < -0.39 is 0 Å². The van der Waals surface area contributed by atoms with E-state index in [4.69, 9.17) is 22.1 Å². The molecule has 4 nitrogen and oxygen atoms in total. The molecular formula is C13H17ClN2O2. The fourth-order valence-electron chi connectivity index (χ4n) is 1.30. The van der Waals surface area contributed by atoms with Crippen LogP contribution in [0.3, 0.4) is 0 Å². The Kier molecular flexibility index (Phi) is 5.68. The summed E-state index contributed by atoms with van der Waals surface area (Å²) in [7, 11) is 0. The zero-order valence-electron chi connectivity index (χ0n) is 10.3. The van der Waals surface area contributed by atoms with Crippen molar-refractivity contribution in [2.45, 2.75) is 13.0 Å². The minimum atomic E-state index is -0.220. The number of hydrogen-bond acceptors (Lipinski definition) is 3. The van der Waals surface area contributed by atoms with Gasteiger partial charge in [-0.25, -0.2) is 0 Å². The van der Waals surface area contributed by atoms with Crippen LogP contribution in [0, 0.1) is 0 Å². The molecule has 1 atom stereocenters. The smallest absolute Gasteiger partial charge is 0.258 e. The van der Waals surface area contributed by atoms with Gasteiger partial charge >= 0.3 is 0 Å². The molecule has 1 rings (SSSR count). The minimum Gasteiger partial charge on any atom is -0.482 e. The van der Waals surface area contributed by atoms with Crippen LogP contribution in [0.2, 0.25) is 5.02 Å². The van der Waals surface area contributed by atoms with E-state index in [0.717, 1.165) is 5.56 Å². The van der Waals surface area contributed by atoms with Crippen LogP contribution in [0.4, 0.5) is 0 Å². The van der Waals surface area contributed by atoms with Gasteiger partial charge in [0.1, 0.15) is 5.75 Å². The van der Waals surface area contributed by atoms with E-state index >= 15 is 0 Å². The molecule has 1 aromatic rings. The van der Waals surface area contributed by atoms with Crippen LogP contribution < -0.4 is 15.8 Å². The minimum absolute atomic E-state index is 0.0783. The number of rotatable bonds is 6. The van der Waals surface area contributed by atoms with Crippen molar-refractivity contribution in [3.63, 3.8) is 0 Å². The topological polar surface area (TPSA) is 64.3 Å². The summed E-state index contributed by atoms with van der Waals surface area (Å²) >= 11 is 6.03. The number of nitrogens with two attached hydrogens (primary N) is 1. The number of benzene rings is 1.